The Kier molecular flexibility index (Phi) is 4.68. The van der Waals surface area contributed by atoms with Gasteiger partial charge in [-0.2, -0.15) is 0 Å². The molecule has 0 saturated carbocycles. The van der Waals surface area contributed by atoms with Gasteiger partial charge in [-0.1, -0.05) is 0 Å². The number of nitrogens with one attached hydrogen (secondary N) is 1. The lowest BCUT2D eigenvalue weighted by Crippen LogP contribution is -2.33. The van der Waals surface area contributed by atoms with E-state index in [0.717, 1.165) is 0 Å². The summed E-state index contributed by atoms with van der Waals surface area (Å²) in [5.74, 6) is -0.235. The number of aliphatic carboxylic acids is 1. The van der Waals surface area contributed by atoms with Gasteiger partial charge in [0.25, 0.3) is 5.56 Å². The molecule has 17 heavy (non-hydrogen) atoms. The SMILES string of the molecule is CC(C)N(CCCC(=O)O)c1cc(=O)[nH]cn1. The van der Waals surface area contributed by atoms with Gasteiger partial charge in [0.15, 0.2) is 0 Å². The first-order chi connectivity index (χ1) is 8.00. The van der Waals surface area contributed by atoms with E-state index >= 15 is 0 Å². The monoisotopic (exact) mass is 239 g/mol. The van der Waals surface area contributed by atoms with Gasteiger partial charge in [-0.3, -0.25) is 9.59 Å². The maximum absolute atomic E-state index is 11.2. The minimum Gasteiger partial charge on any atom is -0.481 e. The average Bonchev–Trinajstić information content (AvgIpc) is 2.23. The lowest BCUT2D eigenvalue weighted by atomic mass is 10.2. The fraction of sp³-hybridized carbons (Fsp3) is 0.545. The number of aromatic amines is 1. The average molecular weight is 239 g/mol. The fourth-order valence-corrected chi connectivity index (χ4v) is 1.55. The molecule has 2 N–H and O–H groups in total. The van der Waals surface area contributed by atoms with Crippen LogP contribution in [0.15, 0.2) is 17.2 Å². The topological polar surface area (TPSA) is 86.3 Å². The van der Waals surface area contributed by atoms with Gasteiger partial charge in [0.2, 0.25) is 0 Å². The van der Waals surface area contributed by atoms with E-state index in [-0.39, 0.29) is 18.0 Å². The molecule has 0 atom stereocenters. The lowest BCUT2D eigenvalue weighted by Gasteiger charge is -2.27. The molecule has 1 rings (SSSR count). The third kappa shape index (κ3) is 4.26. The molecule has 94 valence electrons. The first kappa shape index (κ1) is 13.2. The predicted molar refractivity (Wildman–Crippen MR) is 64.2 cm³/mol. The number of carboxylic acids is 1. The molecule has 0 aliphatic rings. The highest BCUT2D eigenvalue weighted by atomic mass is 16.4. The van der Waals surface area contributed by atoms with Crippen LogP contribution in [0.5, 0.6) is 0 Å². The van der Waals surface area contributed by atoms with Crippen molar-refractivity contribution < 1.29 is 9.90 Å². The Labute approximate surface area is 99.3 Å². The number of H-pyrrole nitrogens is 1. The number of rotatable bonds is 6. The Morgan fingerprint density at radius 3 is 2.82 bits per heavy atom. The highest BCUT2D eigenvalue weighted by Crippen LogP contribution is 2.12. The van der Waals surface area contributed by atoms with E-state index in [1.807, 2.05) is 18.7 Å². The number of hydrogen-bond donors (Lipinski definition) is 2. The Bertz CT molecular complexity index is 428. The van der Waals surface area contributed by atoms with Crippen LogP contribution in [0.2, 0.25) is 0 Å². The molecule has 1 aromatic rings. The van der Waals surface area contributed by atoms with Crippen molar-refractivity contribution in [1.29, 1.82) is 0 Å². The number of carboxylic acid groups (broad SMARTS) is 1. The summed E-state index contributed by atoms with van der Waals surface area (Å²) < 4.78 is 0. The van der Waals surface area contributed by atoms with E-state index in [4.69, 9.17) is 5.11 Å². The molecule has 6 nitrogen and oxygen atoms in total. The summed E-state index contributed by atoms with van der Waals surface area (Å²) in [6.07, 6.45) is 2.00. The number of nitrogens with zero attached hydrogens (tertiary/aromatic N) is 2. The molecule has 1 heterocycles. The number of anilines is 1. The smallest absolute Gasteiger partial charge is 0.303 e. The van der Waals surface area contributed by atoms with Crippen molar-refractivity contribution >= 4 is 11.8 Å². The summed E-state index contributed by atoms with van der Waals surface area (Å²) in [7, 11) is 0. The Morgan fingerprint density at radius 2 is 2.29 bits per heavy atom. The standard InChI is InChI=1S/C11H17N3O3/c1-8(2)14(5-3-4-11(16)17)9-6-10(15)13-7-12-9/h6-8H,3-5H2,1-2H3,(H,16,17)(H,12,13,15). The van der Waals surface area contributed by atoms with Crippen molar-refractivity contribution in [3.63, 3.8) is 0 Å². The van der Waals surface area contributed by atoms with E-state index in [9.17, 15) is 9.59 Å². The van der Waals surface area contributed by atoms with Crippen LogP contribution in [0.25, 0.3) is 0 Å². The zero-order valence-electron chi connectivity index (χ0n) is 10.0. The molecule has 0 unspecified atom stereocenters. The van der Waals surface area contributed by atoms with E-state index in [1.54, 1.807) is 0 Å². The van der Waals surface area contributed by atoms with Crippen LogP contribution in [0.4, 0.5) is 5.82 Å². The molecule has 1 aromatic heterocycles. The van der Waals surface area contributed by atoms with Crippen molar-refractivity contribution in [3.05, 3.63) is 22.7 Å². The normalized spacial score (nSPS) is 10.5. The molecule has 0 bridgehead atoms. The minimum absolute atomic E-state index is 0.117. The summed E-state index contributed by atoms with van der Waals surface area (Å²) in [6, 6.07) is 1.58. The van der Waals surface area contributed by atoms with Crippen molar-refractivity contribution in [3.8, 4) is 0 Å². The molecule has 0 amide bonds. The summed E-state index contributed by atoms with van der Waals surface area (Å²) in [6.45, 7) is 4.52. The highest BCUT2D eigenvalue weighted by molar-refractivity contribution is 5.66. The van der Waals surface area contributed by atoms with Crippen molar-refractivity contribution in [2.24, 2.45) is 0 Å². The van der Waals surface area contributed by atoms with Crippen molar-refractivity contribution in [2.75, 3.05) is 11.4 Å². The van der Waals surface area contributed by atoms with Crippen molar-refractivity contribution in [2.45, 2.75) is 32.7 Å². The summed E-state index contributed by atoms with van der Waals surface area (Å²) in [4.78, 5) is 30.1. The van der Waals surface area contributed by atoms with Crippen LogP contribution < -0.4 is 10.5 Å². The van der Waals surface area contributed by atoms with E-state index in [0.29, 0.717) is 18.8 Å². The molecule has 0 aliphatic heterocycles. The van der Waals surface area contributed by atoms with Crippen LogP contribution in [0.3, 0.4) is 0 Å². The molecule has 0 radical (unpaired) electrons. The maximum atomic E-state index is 11.2. The maximum Gasteiger partial charge on any atom is 0.303 e. The predicted octanol–water partition coefficient (Wildman–Crippen LogP) is 0.849. The van der Waals surface area contributed by atoms with E-state index in [1.165, 1.54) is 12.4 Å². The van der Waals surface area contributed by atoms with Gasteiger partial charge >= 0.3 is 5.97 Å². The van der Waals surface area contributed by atoms with Gasteiger partial charge < -0.3 is 15.0 Å². The molecular formula is C11H17N3O3. The Morgan fingerprint density at radius 1 is 1.59 bits per heavy atom. The quantitative estimate of drug-likeness (QED) is 0.768. The molecule has 0 saturated heterocycles. The van der Waals surface area contributed by atoms with Gasteiger partial charge in [-0.05, 0) is 20.3 Å². The number of hydrogen-bond acceptors (Lipinski definition) is 4. The molecular weight excluding hydrogens is 222 g/mol. The number of aromatic nitrogens is 2. The lowest BCUT2D eigenvalue weighted by molar-refractivity contribution is -0.137. The number of carbonyl (C=O) groups is 1. The van der Waals surface area contributed by atoms with Crippen LogP contribution in [0, 0.1) is 0 Å². The first-order valence-corrected chi connectivity index (χ1v) is 5.54. The van der Waals surface area contributed by atoms with Gasteiger partial charge in [0.1, 0.15) is 5.82 Å². The fourth-order valence-electron chi connectivity index (χ4n) is 1.55. The second-order valence-electron chi connectivity index (χ2n) is 4.05. The van der Waals surface area contributed by atoms with Crippen LogP contribution in [-0.4, -0.2) is 33.6 Å². The van der Waals surface area contributed by atoms with Crippen LogP contribution in [-0.2, 0) is 4.79 Å². The molecule has 6 heteroatoms. The second-order valence-corrected chi connectivity index (χ2v) is 4.05. The minimum atomic E-state index is -0.812. The molecule has 0 aromatic carbocycles. The summed E-state index contributed by atoms with van der Waals surface area (Å²) >= 11 is 0. The highest BCUT2D eigenvalue weighted by Gasteiger charge is 2.12. The largest absolute Gasteiger partial charge is 0.481 e. The Hall–Kier alpha value is -1.85. The first-order valence-electron chi connectivity index (χ1n) is 5.54. The molecule has 0 aliphatic carbocycles. The molecule has 0 fully saturated rings. The third-order valence-electron chi connectivity index (χ3n) is 2.37. The van der Waals surface area contributed by atoms with Gasteiger partial charge in [0.05, 0.1) is 6.33 Å². The Balaban J connectivity index is 2.72. The zero-order chi connectivity index (χ0) is 12.8. The van der Waals surface area contributed by atoms with Gasteiger partial charge in [-0.15, -0.1) is 0 Å². The third-order valence-corrected chi connectivity index (χ3v) is 2.37. The van der Waals surface area contributed by atoms with Gasteiger partial charge in [0, 0.05) is 25.1 Å². The van der Waals surface area contributed by atoms with Crippen LogP contribution in [0.1, 0.15) is 26.7 Å². The van der Waals surface area contributed by atoms with Gasteiger partial charge in [-0.25, -0.2) is 4.98 Å². The summed E-state index contributed by atoms with van der Waals surface area (Å²) in [5, 5.41) is 8.59. The summed E-state index contributed by atoms with van der Waals surface area (Å²) in [5.41, 5.74) is -0.209. The van der Waals surface area contributed by atoms with Crippen LogP contribution >= 0.6 is 0 Å². The van der Waals surface area contributed by atoms with Crippen molar-refractivity contribution in [1.82, 2.24) is 9.97 Å². The second kappa shape index (κ2) is 6.03. The van der Waals surface area contributed by atoms with E-state index in [2.05, 4.69) is 9.97 Å². The molecule has 0 spiro atoms. The zero-order valence-corrected chi connectivity index (χ0v) is 10.0. The van der Waals surface area contributed by atoms with E-state index < -0.39 is 5.97 Å².